The van der Waals surface area contributed by atoms with Crippen molar-refractivity contribution in [2.75, 3.05) is 18.2 Å². The van der Waals surface area contributed by atoms with Crippen LogP contribution in [0, 0.1) is 5.82 Å². The predicted molar refractivity (Wildman–Crippen MR) is 118 cm³/mol. The van der Waals surface area contributed by atoms with Crippen LogP contribution in [0.15, 0.2) is 42.5 Å². The SMILES string of the molecule is COc1ccc2nc(N[C@@H](C)c3ccc(F)cc3)nc(N)c2c1-c1cc(C2CC2)[nH]n1. The first-order chi connectivity index (χ1) is 15.0. The van der Waals surface area contributed by atoms with Crippen LogP contribution in [0.2, 0.25) is 0 Å². The lowest BCUT2D eigenvalue weighted by Gasteiger charge is -2.16. The summed E-state index contributed by atoms with van der Waals surface area (Å²) in [4.78, 5) is 9.15. The van der Waals surface area contributed by atoms with Gasteiger partial charge in [0.1, 0.15) is 17.4 Å². The average Bonchev–Trinajstić information content (AvgIpc) is 3.50. The number of H-pyrrole nitrogens is 1. The Morgan fingerprint density at radius 1 is 1.16 bits per heavy atom. The third kappa shape index (κ3) is 3.65. The normalized spacial score (nSPS) is 14.5. The number of nitrogen functional groups attached to an aromatic ring is 1. The molecular formula is C23H23FN6O. The fourth-order valence-electron chi connectivity index (χ4n) is 3.82. The van der Waals surface area contributed by atoms with E-state index in [4.69, 9.17) is 10.5 Å². The number of aromatic amines is 1. The van der Waals surface area contributed by atoms with Crippen LogP contribution in [0.5, 0.6) is 5.75 Å². The molecule has 0 bridgehead atoms. The molecule has 0 unspecified atom stereocenters. The summed E-state index contributed by atoms with van der Waals surface area (Å²) < 4.78 is 18.8. The van der Waals surface area contributed by atoms with Crippen LogP contribution < -0.4 is 15.8 Å². The van der Waals surface area contributed by atoms with Crippen LogP contribution in [-0.4, -0.2) is 27.3 Å². The molecule has 31 heavy (non-hydrogen) atoms. The largest absolute Gasteiger partial charge is 0.496 e. The van der Waals surface area contributed by atoms with E-state index in [-0.39, 0.29) is 11.9 Å². The fraction of sp³-hybridized carbons (Fsp3) is 0.261. The second-order valence-electron chi connectivity index (χ2n) is 7.87. The zero-order valence-electron chi connectivity index (χ0n) is 17.3. The molecule has 4 aromatic rings. The number of aromatic nitrogens is 4. The van der Waals surface area contributed by atoms with E-state index in [2.05, 4.69) is 31.5 Å². The Morgan fingerprint density at radius 2 is 1.94 bits per heavy atom. The first-order valence-corrected chi connectivity index (χ1v) is 10.3. The Hall–Kier alpha value is -3.68. The molecule has 0 amide bonds. The number of nitrogens with zero attached hydrogens (tertiary/aromatic N) is 3. The standard InChI is InChI=1S/C23H23FN6O/c1-12(13-5-7-15(24)8-6-13)26-23-27-16-9-10-19(31-2)20(21(16)22(25)28-23)18-11-17(29-30-18)14-3-4-14/h5-12,14H,3-4H2,1-2H3,(H,29,30)(H3,25,26,27,28)/t12-/m0/s1. The molecule has 8 heteroatoms. The number of nitrogens with two attached hydrogens (primary N) is 1. The zero-order valence-corrected chi connectivity index (χ0v) is 17.3. The number of hydrogen-bond donors (Lipinski definition) is 3. The van der Waals surface area contributed by atoms with E-state index in [1.165, 1.54) is 25.0 Å². The topological polar surface area (TPSA) is 102 Å². The summed E-state index contributed by atoms with van der Waals surface area (Å²) >= 11 is 0. The molecule has 2 aromatic carbocycles. The quantitative estimate of drug-likeness (QED) is 0.416. The van der Waals surface area contributed by atoms with Gasteiger partial charge in [0.25, 0.3) is 0 Å². The number of ether oxygens (including phenoxy) is 1. The molecule has 4 N–H and O–H groups in total. The Labute approximate surface area is 178 Å². The summed E-state index contributed by atoms with van der Waals surface area (Å²) in [6.45, 7) is 1.96. The highest BCUT2D eigenvalue weighted by Gasteiger charge is 2.27. The second-order valence-corrected chi connectivity index (χ2v) is 7.87. The van der Waals surface area contributed by atoms with E-state index in [1.54, 1.807) is 19.2 Å². The second kappa shape index (κ2) is 7.54. The highest BCUT2D eigenvalue weighted by Crippen LogP contribution is 2.43. The molecule has 1 aliphatic carbocycles. The molecule has 7 nitrogen and oxygen atoms in total. The smallest absolute Gasteiger partial charge is 0.225 e. The number of nitrogens with one attached hydrogen (secondary N) is 2. The van der Waals surface area contributed by atoms with E-state index in [1.807, 2.05) is 19.1 Å². The molecule has 2 heterocycles. The number of benzene rings is 2. The van der Waals surface area contributed by atoms with E-state index >= 15 is 0 Å². The molecule has 1 saturated carbocycles. The van der Waals surface area contributed by atoms with Crippen LogP contribution in [0.25, 0.3) is 22.2 Å². The average molecular weight is 418 g/mol. The maximum atomic E-state index is 13.2. The van der Waals surface area contributed by atoms with E-state index in [9.17, 15) is 4.39 Å². The van der Waals surface area contributed by atoms with Crippen molar-refractivity contribution in [3.63, 3.8) is 0 Å². The van der Waals surface area contributed by atoms with E-state index in [0.717, 1.165) is 22.5 Å². The summed E-state index contributed by atoms with van der Waals surface area (Å²) in [6, 6.07) is 12.0. The molecule has 5 rings (SSSR count). The Balaban J connectivity index is 1.54. The summed E-state index contributed by atoms with van der Waals surface area (Å²) in [5.74, 6) is 1.69. The molecule has 1 fully saturated rings. The van der Waals surface area contributed by atoms with Crippen molar-refractivity contribution in [2.45, 2.75) is 31.7 Å². The third-order valence-corrected chi connectivity index (χ3v) is 5.66. The minimum atomic E-state index is -0.271. The van der Waals surface area contributed by atoms with Gasteiger partial charge in [-0.05, 0) is 55.7 Å². The lowest BCUT2D eigenvalue weighted by molar-refractivity contribution is 0.417. The molecule has 0 saturated heterocycles. The molecule has 1 atom stereocenters. The van der Waals surface area contributed by atoms with Crippen molar-refractivity contribution in [1.29, 1.82) is 0 Å². The van der Waals surface area contributed by atoms with Gasteiger partial charge in [-0.25, -0.2) is 9.37 Å². The number of rotatable bonds is 6. The number of anilines is 2. The lowest BCUT2D eigenvalue weighted by Crippen LogP contribution is -2.11. The zero-order chi connectivity index (χ0) is 21.5. The molecular weight excluding hydrogens is 395 g/mol. The maximum absolute atomic E-state index is 13.2. The Morgan fingerprint density at radius 3 is 2.65 bits per heavy atom. The number of halogens is 1. The number of methoxy groups -OCH3 is 1. The predicted octanol–water partition coefficient (Wildman–Crippen LogP) is 4.80. The van der Waals surface area contributed by atoms with Gasteiger partial charge in [-0.2, -0.15) is 10.1 Å². The van der Waals surface area contributed by atoms with Crippen molar-refractivity contribution in [1.82, 2.24) is 20.2 Å². The highest BCUT2D eigenvalue weighted by molar-refractivity contribution is 6.03. The Kier molecular flexibility index (Phi) is 4.69. The van der Waals surface area contributed by atoms with Gasteiger partial charge < -0.3 is 15.8 Å². The molecule has 158 valence electrons. The van der Waals surface area contributed by atoms with Gasteiger partial charge >= 0.3 is 0 Å². The van der Waals surface area contributed by atoms with Crippen LogP contribution in [0.1, 0.15) is 43.0 Å². The Bertz CT molecular complexity index is 1250. The molecule has 0 radical (unpaired) electrons. The molecule has 0 spiro atoms. The lowest BCUT2D eigenvalue weighted by atomic mass is 10.0. The van der Waals surface area contributed by atoms with Crippen LogP contribution in [0.4, 0.5) is 16.2 Å². The van der Waals surface area contributed by atoms with Gasteiger partial charge in [0.05, 0.1) is 35.3 Å². The van der Waals surface area contributed by atoms with Crippen molar-refractivity contribution < 1.29 is 9.13 Å². The van der Waals surface area contributed by atoms with Crippen LogP contribution in [0.3, 0.4) is 0 Å². The first kappa shape index (κ1) is 19.3. The van der Waals surface area contributed by atoms with E-state index in [0.29, 0.717) is 34.3 Å². The molecule has 2 aromatic heterocycles. The van der Waals surface area contributed by atoms with Crippen molar-refractivity contribution in [2.24, 2.45) is 0 Å². The van der Waals surface area contributed by atoms with Gasteiger partial charge in [0.15, 0.2) is 0 Å². The van der Waals surface area contributed by atoms with Crippen molar-refractivity contribution in [3.8, 4) is 17.0 Å². The molecule has 0 aliphatic heterocycles. The van der Waals surface area contributed by atoms with Crippen LogP contribution in [-0.2, 0) is 0 Å². The fourth-order valence-corrected chi connectivity index (χ4v) is 3.82. The monoisotopic (exact) mass is 418 g/mol. The highest BCUT2D eigenvalue weighted by atomic mass is 19.1. The maximum Gasteiger partial charge on any atom is 0.225 e. The summed E-state index contributed by atoms with van der Waals surface area (Å²) in [5.41, 5.74) is 10.7. The van der Waals surface area contributed by atoms with Gasteiger partial charge in [0.2, 0.25) is 5.95 Å². The van der Waals surface area contributed by atoms with Crippen molar-refractivity contribution >= 4 is 22.7 Å². The minimum Gasteiger partial charge on any atom is -0.496 e. The number of fused-ring (bicyclic) bond motifs is 1. The van der Waals surface area contributed by atoms with Crippen molar-refractivity contribution in [3.05, 3.63) is 59.5 Å². The summed E-state index contributed by atoms with van der Waals surface area (Å²) in [7, 11) is 1.62. The van der Waals surface area contributed by atoms with Gasteiger partial charge in [-0.1, -0.05) is 12.1 Å². The first-order valence-electron chi connectivity index (χ1n) is 10.3. The number of hydrogen-bond acceptors (Lipinski definition) is 6. The van der Waals surface area contributed by atoms with Gasteiger partial charge in [-0.15, -0.1) is 0 Å². The minimum absolute atomic E-state index is 0.123. The molecule has 1 aliphatic rings. The summed E-state index contributed by atoms with van der Waals surface area (Å²) in [6.07, 6.45) is 2.36. The third-order valence-electron chi connectivity index (χ3n) is 5.66. The van der Waals surface area contributed by atoms with Crippen LogP contribution >= 0.6 is 0 Å². The van der Waals surface area contributed by atoms with Gasteiger partial charge in [0, 0.05) is 11.6 Å². The van der Waals surface area contributed by atoms with Gasteiger partial charge in [-0.3, -0.25) is 5.10 Å². The van der Waals surface area contributed by atoms with E-state index < -0.39 is 0 Å². The summed E-state index contributed by atoms with van der Waals surface area (Å²) in [5, 5.41) is 11.6.